The number of hydrogen-bond donors (Lipinski definition) is 1. The zero-order chi connectivity index (χ0) is 13.1. The molecule has 0 saturated carbocycles. The summed E-state index contributed by atoms with van der Waals surface area (Å²) in [5.74, 6) is 0.636. The number of rotatable bonds is 4. The van der Waals surface area contributed by atoms with Crippen LogP contribution in [0.5, 0.6) is 0 Å². The average Bonchev–Trinajstić information content (AvgIpc) is 2.79. The first kappa shape index (κ1) is 13.3. The van der Waals surface area contributed by atoms with E-state index in [9.17, 15) is 0 Å². The summed E-state index contributed by atoms with van der Waals surface area (Å²) in [5, 5.41) is 2.17. The minimum Gasteiger partial charge on any atom is -0.326 e. The van der Waals surface area contributed by atoms with Gasteiger partial charge in [-0.3, -0.25) is 0 Å². The minimum absolute atomic E-state index is 0.618. The SMILES string of the molecule is CCC(C)c1ccc(-c2c(CN)csc2C)cc1. The van der Waals surface area contributed by atoms with Crippen LogP contribution in [0.3, 0.4) is 0 Å². The summed E-state index contributed by atoms with van der Waals surface area (Å²) in [6.07, 6.45) is 1.19. The molecule has 2 N–H and O–H groups in total. The van der Waals surface area contributed by atoms with Crippen LogP contribution in [-0.4, -0.2) is 0 Å². The van der Waals surface area contributed by atoms with Crippen molar-refractivity contribution in [3.05, 3.63) is 45.6 Å². The number of aryl methyl sites for hydroxylation is 1. The lowest BCUT2D eigenvalue weighted by atomic mass is 9.95. The molecule has 1 aromatic heterocycles. The van der Waals surface area contributed by atoms with E-state index in [4.69, 9.17) is 5.73 Å². The van der Waals surface area contributed by atoms with E-state index in [1.807, 2.05) is 0 Å². The van der Waals surface area contributed by atoms with Gasteiger partial charge in [-0.1, -0.05) is 38.1 Å². The minimum atomic E-state index is 0.618. The van der Waals surface area contributed by atoms with Crippen molar-refractivity contribution in [1.29, 1.82) is 0 Å². The molecule has 1 nitrogen and oxygen atoms in total. The molecule has 0 aliphatic heterocycles. The molecule has 18 heavy (non-hydrogen) atoms. The smallest absolute Gasteiger partial charge is 0.0192 e. The molecule has 1 aromatic carbocycles. The van der Waals surface area contributed by atoms with Crippen LogP contribution in [0.25, 0.3) is 11.1 Å². The van der Waals surface area contributed by atoms with Gasteiger partial charge in [0.05, 0.1) is 0 Å². The van der Waals surface area contributed by atoms with E-state index in [0.717, 1.165) is 0 Å². The Morgan fingerprint density at radius 1 is 1.22 bits per heavy atom. The van der Waals surface area contributed by atoms with Gasteiger partial charge in [-0.05, 0) is 46.9 Å². The highest BCUT2D eigenvalue weighted by Crippen LogP contribution is 2.33. The summed E-state index contributed by atoms with van der Waals surface area (Å²) in [7, 11) is 0. The Hall–Kier alpha value is -1.12. The molecule has 1 unspecified atom stereocenters. The number of hydrogen-bond acceptors (Lipinski definition) is 2. The van der Waals surface area contributed by atoms with Crippen LogP contribution in [0.1, 0.15) is 42.2 Å². The second-order valence-corrected chi connectivity index (χ2v) is 5.91. The molecule has 0 bridgehead atoms. The molecule has 0 radical (unpaired) electrons. The van der Waals surface area contributed by atoms with Crippen molar-refractivity contribution < 1.29 is 0 Å². The Labute approximate surface area is 114 Å². The third-order valence-electron chi connectivity index (χ3n) is 3.65. The average molecular weight is 259 g/mol. The van der Waals surface area contributed by atoms with Crippen LogP contribution >= 0.6 is 11.3 Å². The number of nitrogens with two attached hydrogens (primary N) is 1. The van der Waals surface area contributed by atoms with Gasteiger partial charge >= 0.3 is 0 Å². The van der Waals surface area contributed by atoms with Gasteiger partial charge in [-0.15, -0.1) is 11.3 Å². The summed E-state index contributed by atoms with van der Waals surface area (Å²) in [5.41, 5.74) is 11.1. The van der Waals surface area contributed by atoms with Crippen molar-refractivity contribution in [3.8, 4) is 11.1 Å². The Morgan fingerprint density at radius 3 is 2.44 bits per heavy atom. The van der Waals surface area contributed by atoms with Crippen LogP contribution in [-0.2, 0) is 6.54 Å². The molecule has 2 heteroatoms. The lowest BCUT2D eigenvalue weighted by molar-refractivity contribution is 0.734. The Balaban J connectivity index is 2.37. The van der Waals surface area contributed by atoms with Gasteiger partial charge < -0.3 is 5.73 Å². The van der Waals surface area contributed by atoms with E-state index in [2.05, 4.69) is 50.4 Å². The monoisotopic (exact) mass is 259 g/mol. The highest BCUT2D eigenvalue weighted by atomic mass is 32.1. The van der Waals surface area contributed by atoms with Crippen molar-refractivity contribution in [1.82, 2.24) is 0 Å². The first-order valence-electron chi connectivity index (χ1n) is 6.54. The van der Waals surface area contributed by atoms with Crippen LogP contribution in [0.4, 0.5) is 0 Å². The molecule has 96 valence electrons. The normalized spacial score (nSPS) is 12.7. The third kappa shape index (κ3) is 2.50. The fourth-order valence-corrected chi connectivity index (χ4v) is 3.16. The molecule has 0 saturated heterocycles. The topological polar surface area (TPSA) is 26.0 Å². The number of benzene rings is 1. The quantitative estimate of drug-likeness (QED) is 0.846. The highest BCUT2D eigenvalue weighted by molar-refractivity contribution is 7.10. The molecule has 0 aliphatic carbocycles. The Kier molecular flexibility index (Phi) is 4.20. The van der Waals surface area contributed by atoms with Crippen molar-refractivity contribution in [3.63, 3.8) is 0 Å². The third-order valence-corrected chi connectivity index (χ3v) is 4.61. The highest BCUT2D eigenvalue weighted by Gasteiger charge is 2.10. The largest absolute Gasteiger partial charge is 0.326 e. The first-order valence-corrected chi connectivity index (χ1v) is 7.42. The van der Waals surface area contributed by atoms with Gasteiger partial charge in [0.2, 0.25) is 0 Å². The molecular weight excluding hydrogens is 238 g/mol. The zero-order valence-corrected chi connectivity index (χ0v) is 12.2. The van der Waals surface area contributed by atoms with Gasteiger partial charge in [0, 0.05) is 11.4 Å². The number of thiophene rings is 1. The lowest BCUT2D eigenvalue weighted by Gasteiger charge is -2.10. The van der Waals surface area contributed by atoms with Gasteiger partial charge in [0.1, 0.15) is 0 Å². The van der Waals surface area contributed by atoms with Crippen LogP contribution in [0.2, 0.25) is 0 Å². The predicted molar refractivity (Wildman–Crippen MR) is 81.1 cm³/mol. The zero-order valence-electron chi connectivity index (χ0n) is 11.4. The summed E-state index contributed by atoms with van der Waals surface area (Å²) >= 11 is 1.79. The second kappa shape index (κ2) is 5.68. The van der Waals surface area contributed by atoms with Gasteiger partial charge in [-0.25, -0.2) is 0 Å². The molecule has 2 rings (SSSR count). The molecule has 0 aliphatic rings. The van der Waals surface area contributed by atoms with E-state index in [1.165, 1.54) is 33.6 Å². The van der Waals surface area contributed by atoms with Crippen LogP contribution < -0.4 is 5.73 Å². The van der Waals surface area contributed by atoms with E-state index in [0.29, 0.717) is 12.5 Å². The van der Waals surface area contributed by atoms with Crippen LogP contribution in [0.15, 0.2) is 29.6 Å². The summed E-state index contributed by atoms with van der Waals surface area (Å²) in [4.78, 5) is 1.35. The first-order chi connectivity index (χ1) is 8.67. The molecule has 0 fully saturated rings. The standard InChI is InChI=1S/C16H21NS/c1-4-11(2)13-5-7-14(8-6-13)16-12(3)18-10-15(16)9-17/h5-8,10-11H,4,9,17H2,1-3H3. The van der Waals surface area contributed by atoms with Gasteiger partial charge in [-0.2, -0.15) is 0 Å². The van der Waals surface area contributed by atoms with E-state index in [-0.39, 0.29) is 0 Å². The predicted octanol–water partition coefficient (Wildman–Crippen LogP) is 4.70. The molecular formula is C16H21NS. The molecule has 1 atom stereocenters. The maximum absolute atomic E-state index is 5.81. The van der Waals surface area contributed by atoms with Crippen molar-refractivity contribution in [2.75, 3.05) is 0 Å². The lowest BCUT2D eigenvalue weighted by Crippen LogP contribution is -1.97. The fraction of sp³-hybridized carbons (Fsp3) is 0.375. The Bertz CT molecular complexity index is 510. The van der Waals surface area contributed by atoms with E-state index < -0.39 is 0 Å². The van der Waals surface area contributed by atoms with Crippen molar-refractivity contribution >= 4 is 11.3 Å². The van der Waals surface area contributed by atoms with Gasteiger partial charge in [0.15, 0.2) is 0 Å². The van der Waals surface area contributed by atoms with Gasteiger partial charge in [0.25, 0.3) is 0 Å². The molecule has 1 heterocycles. The summed E-state index contributed by atoms with van der Waals surface area (Å²) in [6, 6.07) is 8.97. The maximum Gasteiger partial charge on any atom is 0.0192 e. The summed E-state index contributed by atoms with van der Waals surface area (Å²) in [6.45, 7) is 7.29. The molecule has 2 aromatic rings. The van der Waals surface area contributed by atoms with Crippen molar-refractivity contribution in [2.45, 2.75) is 39.7 Å². The van der Waals surface area contributed by atoms with E-state index in [1.54, 1.807) is 11.3 Å². The van der Waals surface area contributed by atoms with Crippen LogP contribution in [0, 0.1) is 6.92 Å². The maximum atomic E-state index is 5.81. The Morgan fingerprint density at radius 2 is 1.89 bits per heavy atom. The molecule has 0 spiro atoms. The second-order valence-electron chi connectivity index (χ2n) is 4.83. The molecule has 0 amide bonds. The van der Waals surface area contributed by atoms with E-state index >= 15 is 0 Å². The van der Waals surface area contributed by atoms with Crippen molar-refractivity contribution in [2.24, 2.45) is 5.73 Å². The summed E-state index contributed by atoms with van der Waals surface area (Å²) < 4.78 is 0. The fourth-order valence-electron chi connectivity index (χ4n) is 2.26.